The summed E-state index contributed by atoms with van der Waals surface area (Å²) in [5, 5.41) is 2.49. The van der Waals surface area contributed by atoms with Crippen molar-refractivity contribution < 1.29 is 19.1 Å². The molecule has 0 aromatic rings. The summed E-state index contributed by atoms with van der Waals surface area (Å²) in [5.74, 6) is -0.773. The van der Waals surface area contributed by atoms with E-state index in [2.05, 4.69) is 10.1 Å². The number of carbonyl (C=O) groups excluding carboxylic acids is 2. The molecule has 1 aliphatic heterocycles. The molecule has 2 atom stereocenters. The number of esters is 1. The molecule has 0 bridgehead atoms. The lowest BCUT2D eigenvalue weighted by Gasteiger charge is -2.21. The van der Waals surface area contributed by atoms with Crippen LogP contribution >= 0.6 is 0 Å². The average Bonchev–Trinajstić information content (AvgIpc) is 2.65. The van der Waals surface area contributed by atoms with Crippen molar-refractivity contribution in [1.29, 1.82) is 0 Å². The largest absolute Gasteiger partial charge is 0.495 e. The molecule has 1 heterocycles. The van der Waals surface area contributed by atoms with Crippen LogP contribution in [0.2, 0.25) is 0 Å². The molecule has 1 N–H and O–H groups in total. The lowest BCUT2D eigenvalue weighted by Crippen LogP contribution is -2.48. The van der Waals surface area contributed by atoms with Gasteiger partial charge in [0.1, 0.15) is 6.10 Å². The van der Waals surface area contributed by atoms with Gasteiger partial charge in [0, 0.05) is 13.3 Å². The van der Waals surface area contributed by atoms with Gasteiger partial charge in [0.05, 0.1) is 13.4 Å². The zero-order valence-corrected chi connectivity index (χ0v) is 8.15. The lowest BCUT2D eigenvalue weighted by atomic mass is 10.1. The molecule has 1 amide bonds. The Hall–Kier alpha value is -1.52. The third-order valence-electron chi connectivity index (χ3n) is 1.90. The smallest absolute Gasteiger partial charge is 0.332 e. The topological polar surface area (TPSA) is 64.6 Å². The Morgan fingerprint density at radius 3 is 2.79 bits per heavy atom. The molecule has 2 unspecified atom stereocenters. The van der Waals surface area contributed by atoms with Crippen LogP contribution in [0.5, 0.6) is 0 Å². The molecule has 0 saturated carbocycles. The maximum absolute atomic E-state index is 11.3. The zero-order valence-electron chi connectivity index (χ0n) is 8.15. The third kappa shape index (κ3) is 2.48. The summed E-state index contributed by atoms with van der Waals surface area (Å²) >= 11 is 0. The number of nitrogens with one attached hydrogen (secondary N) is 1. The van der Waals surface area contributed by atoms with Gasteiger partial charge in [-0.3, -0.25) is 4.79 Å². The fourth-order valence-electron chi connectivity index (χ4n) is 1.27. The molecule has 5 heteroatoms. The van der Waals surface area contributed by atoms with Gasteiger partial charge in [-0.2, -0.15) is 0 Å². The van der Waals surface area contributed by atoms with Crippen molar-refractivity contribution >= 4 is 11.9 Å². The Kier molecular flexibility index (Phi) is 3.50. The molecule has 0 spiro atoms. The van der Waals surface area contributed by atoms with Crippen molar-refractivity contribution in [3.63, 3.8) is 0 Å². The van der Waals surface area contributed by atoms with Crippen LogP contribution < -0.4 is 5.32 Å². The Morgan fingerprint density at radius 2 is 2.36 bits per heavy atom. The summed E-state index contributed by atoms with van der Waals surface area (Å²) in [6.07, 6.45) is 3.55. The van der Waals surface area contributed by atoms with Gasteiger partial charge < -0.3 is 14.8 Å². The second-order valence-electron chi connectivity index (χ2n) is 2.98. The first kappa shape index (κ1) is 10.6. The normalized spacial score (nSPS) is 21.1. The van der Waals surface area contributed by atoms with Crippen LogP contribution in [0.1, 0.15) is 13.3 Å². The minimum atomic E-state index is -0.729. The highest BCUT2D eigenvalue weighted by atomic mass is 16.5. The van der Waals surface area contributed by atoms with Crippen LogP contribution in [0.3, 0.4) is 0 Å². The highest BCUT2D eigenvalue weighted by molar-refractivity contribution is 5.83. The van der Waals surface area contributed by atoms with Crippen molar-refractivity contribution in [3.8, 4) is 0 Å². The molecule has 0 aromatic heterocycles. The molecule has 0 fully saturated rings. The SMILES string of the molecule is COC(=O)C(NC(C)=O)C1CC=CO1. The Balaban J connectivity index is 2.60. The Morgan fingerprint density at radius 1 is 1.64 bits per heavy atom. The minimum Gasteiger partial charge on any atom is -0.495 e. The van der Waals surface area contributed by atoms with Gasteiger partial charge in [-0.25, -0.2) is 4.79 Å². The monoisotopic (exact) mass is 199 g/mol. The summed E-state index contributed by atoms with van der Waals surface area (Å²) in [5.41, 5.74) is 0. The van der Waals surface area contributed by atoms with E-state index in [1.165, 1.54) is 20.3 Å². The zero-order chi connectivity index (χ0) is 10.6. The Labute approximate surface area is 82.1 Å². The maximum Gasteiger partial charge on any atom is 0.332 e. The number of ether oxygens (including phenoxy) is 2. The number of carbonyl (C=O) groups is 2. The predicted molar refractivity (Wildman–Crippen MR) is 48.3 cm³/mol. The van der Waals surface area contributed by atoms with E-state index in [1.807, 2.05) is 0 Å². The van der Waals surface area contributed by atoms with Gasteiger partial charge in [-0.05, 0) is 6.08 Å². The van der Waals surface area contributed by atoms with Crippen molar-refractivity contribution in [3.05, 3.63) is 12.3 Å². The molecule has 1 rings (SSSR count). The minimum absolute atomic E-state index is 0.282. The summed E-state index contributed by atoms with van der Waals surface area (Å²) in [6, 6.07) is -0.729. The van der Waals surface area contributed by atoms with Gasteiger partial charge >= 0.3 is 5.97 Å². The summed E-state index contributed by atoms with van der Waals surface area (Å²) in [7, 11) is 1.28. The molecule has 0 radical (unpaired) electrons. The van der Waals surface area contributed by atoms with Crippen molar-refractivity contribution in [2.75, 3.05) is 7.11 Å². The highest BCUT2D eigenvalue weighted by Gasteiger charge is 2.31. The molecule has 14 heavy (non-hydrogen) atoms. The molecule has 0 aliphatic carbocycles. The van der Waals surface area contributed by atoms with E-state index < -0.39 is 12.0 Å². The van der Waals surface area contributed by atoms with Crippen molar-refractivity contribution in [2.45, 2.75) is 25.5 Å². The van der Waals surface area contributed by atoms with Gasteiger partial charge in [0.15, 0.2) is 6.04 Å². The molecule has 5 nitrogen and oxygen atoms in total. The van der Waals surface area contributed by atoms with Crippen LogP contribution in [-0.2, 0) is 19.1 Å². The Bertz CT molecular complexity index is 254. The molecular formula is C9H13NO4. The van der Waals surface area contributed by atoms with E-state index in [0.717, 1.165) is 0 Å². The first-order valence-corrected chi connectivity index (χ1v) is 4.30. The predicted octanol–water partition coefficient (Wildman–Crippen LogP) is -0.0333. The fourth-order valence-corrected chi connectivity index (χ4v) is 1.27. The van der Waals surface area contributed by atoms with Crippen molar-refractivity contribution in [2.24, 2.45) is 0 Å². The maximum atomic E-state index is 11.3. The standard InChI is InChI=1S/C9H13NO4/c1-6(11)10-8(9(12)13-2)7-4-3-5-14-7/h3,5,7-8H,4H2,1-2H3,(H,10,11). The number of amides is 1. The van der Waals surface area contributed by atoms with Gasteiger partial charge in [-0.15, -0.1) is 0 Å². The summed E-state index contributed by atoms with van der Waals surface area (Å²) < 4.78 is 9.71. The van der Waals surface area contributed by atoms with E-state index in [0.29, 0.717) is 6.42 Å². The van der Waals surface area contributed by atoms with Gasteiger partial charge in [-0.1, -0.05) is 0 Å². The van der Waals surface area contributed by atoms with Crippen LogP contribution in [0.15, 0.2) is 12.3 Å². The number of hydrogen-bond donors (Lipinski definition) is 1. The van der Waals surface area contributed by atoms with Crippen LogP contribution in [-0.4, -0.2) is 31.1 Å². The molecular weight excluding hydrogens is 186 g/mol. The second kappa shape index (κ2) is 4.64. The van der Waals surface area contributed by atoms with Crippen molar-refractivity contribution in [1.82, 2.24) is 5.32 Å². The van der Waals surface area contributed by atoms with E-state index >= 15 is 0 Å². The highest BCUT2D eigenvalue weighted by Crippen LogP contribution is 2.13. The average molecular weight is 199 g/mol. The van der Waals surface area contributed by atoms with Crippen LogP contribution in [0.4, 0.5) is 0 Å². The number of hydrogen-bond acceptors (Lipinski definition) is 4. The van der Waals surface area contributed by atoms with E-state index in [-0.39, 0.29) is 12.0 Å². The molecule has 1 aliphatic rings. The number of rotatable bonds is 3. The molecule has 0 aromatic carbocycles. The molecule has 78 valence electrons. The second-order valence-corrected chi connectivity index (χ2v) is 2.98. The lowest BCUT2D eigenvalue weighted by molar-refractivity contribution is -0.148. The summed E-state index contributed by atoms with van der Waals surface area (Å²) in [4.78, 5) is 22.1. The van der Waals surface area contributed by atoms with Crippen LogP contribution in [0, 0.1) is 0 Å². The number of methoxy groups -OCH3 is 1. The van der Waals surface area contributed by atoms with Crippen LogP contribution in [0.25, 0.3) is 0 Å². The van der Waals surface area contributed by atoms with Gasteiger partial charge in [0.25, 0.3) is 0 Å². The van der Waals surface area contributed by atoms with Gasteiger partial charge in [0.2, 0.25) is 5.91 Å². The first-order valence-electron chi connectivity index (χ1n) is 4.30. The molecule has 0 saturated heterocycles. The summed E-state index contributed by atoms with van der Waals surface area (Å²) in [6.45, 7) is 1.35. The van der Waals surface area contributed by atoms with E-state index in [4.69, 9.17) is 4.74 Å². The fraction of sp³-hybridized carbons (Fsp3) is 0.556. The van der Waals surface area contributed by atoms with E-state index in [9.17, 15) is 9.59 Å². The quantitative estimate of drug-likeness (QED) is 0.648. The van der Waals surface area contributed by atoms with E-state index in [1.54, 1.807) is 6.08 Å². The first-order chi connectivity index (χ1) is 6.65. The third-order valence-corrected chi connectivity index (χ3v) is 1.90.